The van der Waals surface area contributed by atoms with Crippen LogP contribution in [0.1, 0.15) is 37.8 Å². The molecule has 7 nitrogen and oxygen atoms in total. The third-order valence-corrected chi connectivity index (χ3v) is 5.29. The topological polar surface area (TPSA) is 80.5 Å². The second-order valence-electron chi connectivity index (χ2n) is 7.20. The molecular formula is C24H30N4O3. The molecule has 0 aliphatic rings. The van der Waals surface area contributed by atoms with E-state index in [1.54, 1.807) is 7.11 Å². The zero-order valence-electron chi connectivity index (χ0n) is 18.4. The molecule has 1 unspecified atom stereocenters. The van der Waals surface area contributed by atoms with Crippen molar-refractivity contribution in [1.82, 2.24) is 20.4 Å². The second-order valence-corrected chi connectivity index (χ2v) is 7.20. The fourth-order valence-corrected chi connectivity index (χ4v) is 3.55. The third-order valence-electron chi connectivity index (χ3n) is 5.29. The van der Waals surface area contributed by atoms with Crippen LogP contribution in [-0.2, 0) is 11.2 Å². The summed E-state index contributed by atoms with van der Waals surface area (Å²) in [7, 11) is 1.66. The van der Waals surface area contributed by atoms with Gasteiger partial charge in [-0.3, -0.25) is 9.69 Å². The first-order valence-electron chi connectivity index (χ1n) is 10.7. The summed E-state index contributed by atoms with van der Waals surface area (Å²) in [5.74, 6) is 1.77. The Labute approximate surface area is 183 Å². The van der Waals surface area contributed by atoms with Crippen molar-refractivity contribution in [3.05, 3.63) is 66.1 Å². The van der Waals surface area contributed by atoms with Crippen LogP contribution in [0.4, 0.5) is 0 Å². The van der Waals surface area contributed by atoms with E-state index in [-0.39, 0.29) is 11.9 Å². The highest BCUT2D eigenvalue weighted by Gasteiger charge is 2.20. The van der Waals surface area contributed by atoms with Gasteiger partial charge in [0, 0.05) is 24.9 Å². The van der Waals surface area contributed by atoms with Gasteiger partial charge in [0.25, 0.3) is 0 Å². The number of amides is 1. The summed E-state index contributed by atoms with van der Waals surface area (Å²) in [5.41, 5.74) is 2.01. The number of hydrogen-bond acceptors (Lipinski definition) is 6. The minimum Gasteiger partial charge on any atom is -0.497 e. The summed E-state index contributed by atoms with van der Waals surface area (Å²) in [5, 5.41) is 7.07. The Hall–Kier alpha value is -3.19. The van der Waals surface area contributed by atoms with E-state index >= 15 is 0 Å². The normalized spacial score (nSPS) is 12.0. The van der Waals surface area contributed by atoms with Crippen LogP contribution >= 0.6 is 0 Å². The van der Waals surface area contributed by atoms with Crippen molar-refractivity contribution in [3.63, 3.8) is 0 Å². The molecule has 31 heavy (non-hydrogen) atoms. The maximum Gasteiger partial charge on any atom is 0.227 e. The molecule has 0 fully saturated rings. The molecule has 0 aliphatic carbocycles. The number of methoxy groups -OCH3 is 1. The van der Waals surface area contributed by atoms with Crippen molar-refractivity contribution < 1.29 is 14.1 Å². The lowest BCUT2D eigenvalue weighted by atomic mass is 10.0. The number of nitrogens with one attached hydrogen (secondary N) is 1. The Morgan fingerprint density at radius 3 is 2.61 bits per heavy atom. The SMILES string of the molecule is CCN(CC)C(CNC(=O)CCc1nc(-c2ccccc2)no1)c1cccc(OC)c1. The molecule has 1 atom stereocenters. The van der Waals surface area contributed by atoms with Crippen molar-refractivity contribution in [1.29, 1.82) is 0 Å². The van der Waals surface area contributed by atoms with Gasteiger partial charge in [0.1, 0.15) is 5.75 Å². The average Bonchev–Trinajstić information content (AvgIpc) is 3.30. The van der Waals surface area contributed by atoms with Gasteiger partial charge in [-0.1, -0.05) is 61.5 Å². The van der Waals surface area contributed by atoms with Crippen molar-refractivity contribution >= 4 is 5.91 Å². The van der Waals surface area contributed by atoms with Crippen LogP contribution in [-0.4, -0.2) is 47.7 Å². The Morgan fingerprint density at radius 2 is 1.90 bits per heavy atom. The number of benzene rings is 2. The van der Waals surface area contributed by atoms with Gasteiger partial charge in [-0.15, -0.1) is 0 Å². The van der Waals surface area contributed by atoms with E-state index in [0.29, 0.717) is 31.1 Å². The van der Waals surface area contributed by atoms with Crippen molar-refractivity contribution in [2.45, 2.75) is 32.7 Å². The van der Waals surface area contributed by atoms with E-state index in [2.05, 4.69) is 40.3 Å². The highest BCUT2D eigenvalue weighted by Crippen LogP contribution is 2.24. The van der Waals surface area contributed by atoms with Gasteiger partial charge >= 0.3 is 0 Å². The predicted octanol–water partition coefficient (Wildman–Crippen LogP) is 3.88. The number of ether oxygens (including phenoxy) is 1. The zero-order valence-corrected chi connectivity index (χ0v) is 18.4. The van der Waals surface area contributed by atoms with Crippen molar-refractivity contribution in [2.24, 2.45) is 0 Å². The molecule has 0 radical (unpaired) electrons. The molecular weight excluding hydrogens is 392 g/mol. The maximum atomic E-state index is 12.5. The van der Waals surface area contributed by atoms with Gasteiger partial charge in [-0.05, 0) is 30.8 Å². The molecule has 0 saturated carbocycles. The van der Waals surface area contributed by atoms with E-state index in [9.17, 15) is 4.79 Å². The quantitative estimate of drug-likeness (QED) is 0.505. The number of likely N-dealkylation sites (N-methyl/N-ethyl adjacent to an activating group) is 1. The number of carbonyl (C=O) groups is 1. The highest BCUT2D eigenvalue weighted by molar-refractivity contribution is 5.76. The molecule has 1 heterocycles. The van der Waals surface area contributed by atoms with E-state index in [0.717, 1.165) is 30.0 Å². The van der Waals surface area contributed by atoms with Crippen LogP contribution in [0, 0.1) is 0 Å². The monoisotopic (exact) mass is 422 g/mol. The summed E-state index contributed by atoms with van der Waals surface area (Å²) in [6.07, 6.45) is 0.695. The van der Waals surface area contributed by atoms with Crippen LogP contribution in [0.15, 0.2) is 59.1 Å². The summed E-state index contributed by atoms with van der Waals surface area (Å²) < 4.78 is 10.7. The fourth-order valence-electron chi connectivity index (χ4n) is 3.55. The maximum absolute atomic E-state index is 12.5. The standard InChI is InChI=1S/C24H30N4O3/c1-4-28(5-2)21(19-12-9-13-20(16-19)30-3)17-25-22(29)14-15-23-26-24(27-31-23)18-10-7-6-8-11-18/h6-13,16,21H,4-5,14-15,17H2,1-3H3,(H,25,29). The molecule has 1 amide bonds. The molecule has 3 rings (SSSR count). The summed E-state index contributed by atoms with van der Waals surface area (Å²) in [6, 6.07) is 17.7. The van der Waals surface area contributed by atoms with Gasteiger partial charge in [0.15, 0.2) is 0 Å². The fraction of sp³-hybridized carbons (Fsp3) is 0.375. The Kier molecular flexibility index (Phi) is 8.18. The molecule has 1 aromatic heterocycles. The number of nitrogens with zero attached hydrogens (tertiary/aromatic N) is 3. The molecule has 0 spiro atoms. The van der Waals surface area contributed by atoms with Gasteiger partial charge in [-0.2, -0.15) is 4.98 Å². The lowest BCUT2D eigenvalue weighted by Crippen LogP contribution is -2.38. The number of carbonyl (C=O) groups excluding carboxylic acids is 1. The summed E-state index contributed by atoms with van der Waals surface area (Å²) >= 11 is 0. The number of hydrogen-bond donors (Lipinski definition) is 1. The minimum absolute atomic E-state index is 0.0421. The summed E-state index contributed by atoms with van der Waals surface area (Å²) in [4.78, 5) is 19.2. The van der Waals surface area contributed by atoms with Crippen molar-refractivity contribution in [3.8, 4) is 17.1 Å². The largest absolute Gasteiger partial charge is 0.497 e. The van der Waals surface area contributed by atoms with Crippen LogP contribution in [0.2, 0.25) is 0 Å². The Bertz CT molecular complexity index is 954. The van der Waals surface area contributed by atoms with E-state index in [4.69, 9.17) is 9.26 Å². The van der Waals surface area contributed by atoms with Gasteiger partial charge in [-0.25, -0.2) is 0 Å². The molecule has 7 heteroatoms. The minimum atomic E-state index is -0.0421. The first-order chi connectivity index (χ1) is 15.1. The first-order valence-corrected chi connectivity index (χ1v) is 10.7. The second kappa shape index (κ2) is 11.3. The van der Waals surface area contributed by atoms with E-state index in [1.165, 1.54) is 0 Å². The molecule has 2 aromatic carbocycles. The van der Waals surface area contributed by atoms with Crippen molar-refractivity contribution in [2.75, 3.05) is 26.7 Å². The molecule has 0 saturated heterocycles. The number of aryl methyl sites for hydroxylation is 1. The smallest absolute Gasteiger partial charge is 0.227 e. The lowest BCUT2D eigenvalue weighted by molar-refractivity contribution is -0.121. The van der Waals surface area contributed by atoms with Crippen LogP contribution in [0.25, 0.3) is 11.4 Å². The van der Waals surface area contributed by atoms with Gasteiger partial charge < -0.3 is 14.6 Å². The Balaban J connectivity index is 1.57. The molecule has 3 aromatic rings. The third kappa shape index (κ3) is 6.15. The molecule has 0 aliphatic heterocycles. The predicted molar refractivity (Wildman–Crippen MR) is 120 cm³/mol. The average molecular weight is 423 g/mol. The lowest BCUT2D eigenvalue weighted by Gasteiger charge is -2.30. The molecule has 164 valence electrons. The van der Waals surface area contributed by atoms with E-state index in [1.807, 2.05) is 48.5 Å². The van der Waals surface area contributed by atoms with Crippen LogP contribution in [0.5, 0.6) is 5.75 Å². The van der Waals surface area contributed by atoms with E-state index < -0.39 is 0 Å². The Morgan fingerprint density at radius 1 is 1.13 bits per heavy atom. The number of aromatic nitrogens is 2. The van der Waals surface area contributed by atoms with Crippen LogP contribution < -0.4 is 10.1 Å². The highest BCUT2D eigenvalue weighted by atomic mass is 16.5. The van der Waals surface area contributed by atoms with Crippen LogP contribution in [0.3, 0.4) is 0 Å². The number of rotatable bonds is 11. The summed E-state index contributed by atoms with van der Waals surface area (Å²) in [6.45, 7) is 6.54. The first kappa shape index (κ1) is 22.5. The van der Waals surface area contributed by atoms with Gasteiger partial charge in [0.2, 0.25) is 17.6 Å². The van der Waals surface area contributed by atoms with Gasteiger partial charge in [0.05, 0.1) is 13.2 Å². The molecule has 1 N–H and O–H groups in total. The zero-order chi connectivity index (χ0) is 22.1. The molecule has 0 bridgehead atoms.